The van der Waals surface area contributed by atoms with Gasteiger partial charge in [-0.2, -0.15) is 0 Å². The van der Waals surface area contributed by atoms with Crippen LogP contribution in [0, 0.1) is 6.92 Å². The minimum Gasteiger partial charge on any atom is -0.481 e. The second-order valence-electron chi connectivity index (χ2n) is 8.22. The van der Waals surface area contributed by atoms with Crippen LogP contribution in [0.25, 0.3) is 11.0 Å². The molecule has 0 aliphatic rings. The Morgan fingerprint density at radius 1 is 1.09 bits per heavy atom. The van der Waals surface area contributed by atoms with Crippen molar-refractivity contribution >= 4 is 40.3 Å². The molecule has 3 rings (SSSR count). The summed E-state index contributed by atoms with van der Waals surface area (Å²) in [5.41, 5.74) is 0.617. The average Bonchev–Trinajstić information content (AvgIpc) is 3.32. The number of carboxylic acid groups (broad SMARTS) is 3. The Morgan fingerprint density at radius 3 is 2.20 bits per heavy atom. The normalized spacial score (nSPS) is 12.3. The van der Waals surface area contributed by atoms with Crippen molar-refractivity contribution in [3.8, 4) is 0 Å². The van der Waals surface area contributed by atoms with E-state index in [0.29, 0.717) is 13.1 Å². The van der Waals surface area contributed by atoms with Crippen molar-refractivity contribution in [1.29, 1.82) is 0 Å². The summed E-state index contributed by atoms with van der Waals surface area (Å²) in [5.74, 6) is -4.08. The zero-order valence-corrected chi connectivity index (χ0v) is 20.2. The fraction of sp³-hybridized carbons (Fsp3) is 0.391. The van der Waals surface area contributed by atoms with Gasteiger partial charge in [0.05, 0.1) is 36.5 Å². The van der Waals surface area contributed by atoms with Crippen LogP contribution in [0.5, 0.6) is 0 Å². The third-order valence-electron chi connectivity index (χ3n) is 4.96. The van der Waals surface area contributed by atoms with Gasteiger partial charge >= 0.3 is 17.9 Å². The number of nitrogens with one attached hydrogen (secondary N) is 1. The highest BCUT2D eigenvalue weighted by molar-refractivity contribution is 7.10. The first-order valence-electron chi connectivity index (χ1n) is 10.7. The van der Waals surface area contributed by atoms with Crippen molar-refractivity contribution in [1.82, 2.24) is 14.9 Å². The molecule has 11 nitrogen and oxygen atoms in total. The number of H-pyrrole nitrogens is 1. The Balaban J connectivity index is 0.000000287. The molecule has 0 amide bonds. The average molecular weight is 508 g/mol. The van der Waals surface area contributed by atoms with E-state index < -0.39 is 36.4 Å². The second-order valence-corrected chi connectivity index (χ2v) is 9.22. The molecular weight excluding hydrogens is 478 g/mol. The summed E-state index contributed by atoms with van der Waals surface area (Å²) >= 11 is 1.77. The molecule has 1 atom stereocenters. The minimum absolute atomic E-state index is 0.357. The second kappa shape index (κ2) is 12.4. The lowest BCUT2D eigenvalue weighted by Crippen LogP contribution is -2.42. The number of fused-ring (bicyclic) bond motifs is 1. The van der Waals surface area contributed by atoms with Crippen molar-refractivity contribution in [3.63, 3.8) is 0 Å². The molecule has 1 unspecified atom stereocenters. The molecule has 0 aliphatic heterocycles. The Bertz CT molecular complexity index is 1110. The molecule has 6 N–H and O–H groups in total. The number of thiophene rings is 1. The molecule has 0 radical (unpaired) electrons. The number of aliphatic carboxylic acids is 3. The Kier molecular flexibility index (Phi) is 9.89. The van der Waals surface area contributed by atoms with Crippen LogP contribution >= 0.6 is 11.3 Å². The molecule has 0 saturated carbocycles. The van der Waals surface area contributed by atoms with Crippen molar-refractivity contribution in [3.05, 3.63) is 52.0 Å². The van der Waals surface area contributed by atoms with Crippen LogP contribution in [0.2, 0.25) is 0 Å². The highest BCUT2D eigenvalue weighted by Gasteiger charge is 2.40. The van der Waals surface area contributed by atoms with Gasteiger partial charge in [-0.3, -0.25) is 14.5 Å². The van der Waals surface area contributed by atoms with Crippen LogP contribution in [0.15, 0.2) is 35.7 Å². The van der Waals surface area contributed by atoms with Gasteiger partial charge in [0, 0.05) is 18.0 Å². The maximum Gasteiger partial charge on any atom is 0.336 e. The molecule has 3 aromatic rings. The van der Waals surface area contributed by atoms with Crippen LogP contribution in [0.4, 0.5) is 0 Å². The number of aliphatic hydroxyl groups excluding tert-OH is 1. The van der Waals surface area contributed by atoms with E-state index in [9.17, 15) is 19.5 Å². The van der Waals surface area contributed by atoms with Crippen molar-refractivity contribution in [2.75, 3.05) is 6.54 Å². The number of nitrogens with zero attached hydrogens (tertiary/aromatic N) is 2. The van der Waals surface area contributed by atoms with Gasteiger partial charge in [-0.25, -0.2) is 9.78 Å². The summed E-state index contributed by atoms with van der Waals surface area (Å²) < 4.78 is 0. The summed E-state index contributed by atoms with van der Waals surface area (Å²) in [5, 5.41) is 45.7. The summed E-state index contributed by atoms with van der Waals surface area (Å²) in [6.45, 7) is 6.14. The standard InChI is InChI=1S/C17H21N3OS.C6H8O7/c1-12-7-8-22-16(12)10-20(9-13(2)21)11-17-18-14-5-3-4-6-15(14)19-17;7-3(8)1-6(13,5(11)12)2-4(9)10/h3-8,13,21H,9-11H2,1-2H3,(H,18,19);13H,1-2H2,(H,7,8)(H,9,10)(H,11,12). The Hall–Kier alpha value is -3.32. The van der Waals surface area contributed by atoms with Crippen LogP contribution < -0.4 is 0 Å². The predicted octanol–water partition coefficient (Wildman–Crippen LogP) is 2.07. The number of aliphatic hydroxyl groups is 2. The van der Waals surface area contributed by atoms with Gasteiger partial charge in [0.15, 0.2) is 5.60 Å². The lowest BCUT2D eigenvalue weighted by molar-refractivity contribution is -0.170. The number of benzene rings is 1. The van der Waals surface area contributed by atoms with E-state index in [2.05, 4.69) is 33.2 Å². The summed E-state index contributed by atoms with van der Waals surface area (Å²) in [6, 6.07) is 10.2. The summed E-state index contributed by atoms with van der Waals surface area (Å²) in [6.07, 6.45) is -2.65. The topological polar surface area (TPSA) is 184 Å². The summed E-state index contributed by atoms with van der Waals surface area (Å²) in [7, 11) is 0. The maximum atomic E-state index is 10.3. The molecule has 35 heavy (non-hydrogen) atoms. The number of para-hydroxylation sites is 2. The largest absolute Gasteiger partial charge is 0.481 e. The zero-order valence-electron chi connectivity index (χ0n) is 19.3. The molecule has 12 heteroatoms. The van der Waals surface area contributed by atoms with Gasteiger partial charge in [0.25, 0.3) is 0 Å². The van der Waals surface area contributed by atoms with Gasteiger partial charge < -0.3 is 30.5 Å². The van der Waals surface area contributed by atoms with Crippen molar-refractivity contribution in [2.24, 2.45) is 0 Å². The molecule has 0 bridgehead atoms. The van der Waals surface area contributed by atoms with Gasteiger partial charge in [-0.15, -0.1) is 11.3 Å². The molecule has 190 valence electrons. The van der Waals surface area contributed by atoms with E-state index in [1.54, 1.807) is 11.3 Å². The maximum absolute atomic E-state index is 10.3. The number of carboxylic acids is 3. The first-order valence-corrected chi connectivity index (χ1v) is 11.5. The number of imidazole rings is 1. The smallest absolute Gasteiger partial charge is 0.336 e. The minimum atomic E-state index is -2.74. The number of hydrogen-bond acceptors (Lipinski definition) is 8. The number of aromatic nitrogens is 2. The molecule has 2 heterocycles. The third-order valence-corrected chi connectivity index (χ3v) is 5.96. The van der Waals surface area contributed by atoms with E-state index in [-0.39, 0.29) is 6.10 Å². The predicted molar refractivity (Wildman–Crippen MR) is 128 cm³/mol. The molecule has 0 fully saturated rings. The van der Waals surface area contributed by atoms with Crippen molar-refractivity contribution in [2.45, 2.75) is 51.5 Å². The highest BCUT2D eigenvalue weighted by atomic mass is 32.1. The number of aromatic amines is 1. The number of hydrogen-bond donors (Lipinski definition) is 6. The van der Waals surface area contributed by atoms with Crippen LogP contribution in [-0.2, 0) is 27.5 Å². The highest BCUT2D eigenvalue weighted by Crippen LogP contribution is 2.20. The SMILES string of the molecule is Cc1ccsc1CN(Cc1nc2ccccc2[nH]1)CC(C)O.O=C(O)CC(O)(CC(=O)O)C(=O)O. The van der Waals surface area contributed by atoms with Crippen LogP contribution in [0.3, 0.4) is 0 Å². The third kappa shape index (κ3) is 8.76. The van der Waals surface area contributed by atoms with Gasteiger partial charge in [-0.1, -0.05) is 12.1 Å². The molecule has 0 saturated heterocycles. The lowest BCUT2D eigenvalue weighted by Gasteiger charge is -2.22. The molecule has 0 aliphatic carbocycles. The van der Waals surface area contributed by atoms with Gasteiger partial charge in [-0.05, 0) is 43.0 Å². The number of carbonyl (C=O) groups is 3. The van der Waals surface area contributed by atoms with E-state index in [1.807, 2.05) is 31.2 Å². The number of aryl methyl sites for hydroxylation is 1. The van der Waals surface area contributed by atoms with Crippen LogP contribution in [0.1, 0.15) is 36.0 Å². The Labute approximate surface area is 205 Å². The number of rotatable bonds is 11. The van der Waals surface area contributed by atoms with Crippen molar-refractivity contribution < 1.29 is 39.9 Å². The van der Waals surface area contributed by atoms with E-state index in [1.165, 1.54) is 10.4 Å². The van der Waals surface area contributed by atoms with Gasteiger partial charge in [0.1, 0.15) is 5.82 Å². The molecular formula is C23H29N3O8S. The quantitative estimate of drug-likeness (QED) is 0.224. The zero-order chi connectivity index (χ0) is 26.2. The van der Waals surface area contributed by atoms with E-state index in [4.69, 9.17) is 20.4 Å². The monoisotopic (exact) mass is 507 g/mol. The molecule has 0 spiro atoms. The molecule has 2 aromatic heterocycles. The fourth-order valence-electron chi connectivity index (χ4n) is 3.33. The van der Waals surface area contributed by atoms with E-state index in [0.717, 1.165) is 23.4 Å². The first-order chi connectivity index (χ1) is 16.4. The summed E-state index contributed by atoms with van der Waals surface area (Å²) in [4.78, 5) is 42.1. The lowest BCUT2D eigenvalue weighted by atomic mass is 9.96. The van der Waals surface area contributed by atoms with E-state index >= 15 is 0 Å². The first kappa shape index (κ1) is 27.9. The van der Waals surface area contributed by atoms with Gasteiger partial charge in [0.2, 0.25) is 0 Å². The van der Waals surface area contributed by atoms with Crippen LogP contribution in [-0.4, -0.2) is 76.6 Å². The molecule has 1 aromatic carbocycles. The Morgan fingerprint density at radius 2 is 1.71 bits per heavy atom. The fourth-order valence-corrected chi connectivity index (χ4v) is 4.28.